The van der Waals surface area contributed by atoms with Crippen molar-refractivity contribution in [2.75, 3.05) is 7.11 Å². The van der Waals surface area contributed by atoms with E-state index in [1.165, 1.54) is 16.7 Å². The smallest absolute Gasteiger partial charge is 0 e. The number of allylic oxidation sites excluding steroid dienone is 5. The molecule has 0 amide bonds. The van der Waals surface area contributed by atoms with E-state index in [2.05, 4.69) is 69.4 Å². The summed E-state index contributed by atoms with van der Waals surface area (Å²) in [6.45, 7) is 15.7. The van der Waals surface area contributed by atoms with E-state index < -0.39 is 0 Å². The Hall–Kier alpha value is -2.02. The molecular formula is C19H18FeO4. The maximum Gasteiger partial charge on any atom is 0 e. The quantitative estimate of drug-likeness (QED) is 0.454. The Bertz CT molecular complexity index is 579. The van der Waals surface area contributed by atoms with Crippen LogP contribution in [0.2, 0.25) is 0 Å². The van der Waals surface area contributed by atoms with E-state index in [1.54, 1.807) is 7.11 Å². The average Bonchev–Trinajstić information content (AvgIpc) is 2.67. The van der Waals surface area contributed by atoms with Gasteiger partial charge in [-0.25, -0.2) is 0 Å². The fraction of sp³-hybridized carbons (Fsp3) is 0.211. The van der Waals surface area contributed by atoms with E-state index in [4.69, 9.17) is 18.7 Å². The molecule has 1 aromatic carbocycles. The predicted molar refractivity (Wildman–Crippen MR) is 83.5 cm³/mol. The largest absolute Gasteiger partial charge is 0 e. The van der Waals surface area contributed by atoms with E-state index in [1.807, 2.05) is 6.08 Å². The van der Waals surface area contributed by atoms with Crippen molar-refractivity contribution in [3.8, 4) is 0 Å². The minimum absolute atomic E-state index is 0. The summed E-state index contributed by atoms with van der Waals surface area (Å²) in [6.07, 6.45) is 8.32. The molecule has 0 atom stereocenters. The molecule has 1 aliphatic rings. The van der Waals surface area contributed by atoms with Crippen molar-refractivity contribution in [3.63, 3.8) is 0 Å². The van der Waals surface area contributed by atoms with E-state index >= 15 is 0 Å². The van der Waals surface area contributed by atoms with Crippen LogP contribution < -0.4 is 0 Å². The van der Waals surface area contributed by atoms with Crippen molar-refractivity contribution in [2.24, 2.45) is 0 Å². The molecule has 126 valence electrons. The van der Waals surface area contributed by atoms with Crippen LogP contribution in [0.4, 0.5) is 0 Å². The monoisotopic (exact) mass is 366 g/mol. The Morgan fingerprint density at radius 1 is 1.00 bits per heavy atom. The number of ether oxygens (including phenoxy) is 1. The van der Waals surface area contributed by atoms with Crippen molar-refractivity contribution in [2.45, 2.75) is 19.8 Å². The van der Waals surface area contributed by atoms with Crippen LogP contribution in [0.3, 0.4) is 0 Å². The van der Waals surface area contributed by atoms with Crippen molar-refractivity contribution >= 4 is 0 Å². The van der Waals surface area contributed by atoms with Gasteiger partial charge >= 0.3 is 33.9 Å². The second-order valence-corrected chi connectivity index (χ2v) is 4.32. The molecule has 0 heterocycles. The summed E-state index contributed by atoms with van der Waals surface area (Å²) in [6, 6.07) is 10.6. The van der Waals surface area contributed by atoms with Gasteiger partial charge in [0.25, 0.3) is 0 Å². The minimum atomic E-state index is 0. The maximum atomic E-state index is 7.50. The first kappa shape index (κ1) is 26.9. The minimum Gasteiger partial charge on any atom is 0 e. The van der Waals surface area contributed by atoms with Crippen molar-refractivity contribution < 1.29 is 35.8 Å². The summed E-state index contributed by atoms with van der Waals surface area (Å²) < 4.78 is 27.7. The number of methoxy groups -OCH3 is 1. The summed E-state index contributed by atoms with van der Waals surface area (Å²) in [7, 11) is 1.71. The number of hydrogen-bond donors (Lipinski definition) is 0. The van der Waals surface area contributed by atoms with Gasteiger partial charge in [-0.05, 0) is 43.1 Å². The molecule has 0 unspecified atom stereocenters. The van der Waals surface area contributed by atoms with Gasteiger partial charge in [0.2, 0.25) is 0 Å². The molecule has 1 aliphatic carbocycles. The van der Waals surface area contributed by atoms with Crippen LogP contribution in [0.1, 0.15) is 18.9 Å². The molecule has 0 aromatic heterocycles. The van der Waals surface area contributed by atoms with Gasteiger partial charge < -0.3 is 4.74 Å². The van der Waals surface area contributed by atoms with Gasteiger partial charge in [-0.2, -0.15) is 0 Å². The van der Waals surface area contributed by atoms with Gasteiger partial charge in [0, 0.05) is 17.1 Å². The fourth-order valence-electron chi connectivity index (χ4n) is 2.01. The second kappa shape index (κ2) is 19.0. The van der Waals surface area contributed by atoms with Gasteiger partial charge in [-0.15, -0.1) is 0 Å². The van der Waals surface area contributed by atoms with Crippen LogP contribution in [0.25, 0.3) is 0 Å². The molecule has 0 bridgehead atoms. The molecule has 5 heteroatoms. The Kier molecular flexibility index (Phi) is 21.3. The molecule has 0 spiro atoms. The molecular weight excluding hydrogens is 348 g/mol. The average molecular weight is 366 g/mol. The van der Waals surface area contributed by atoms with Crippen LogP contribution in [-0.2, 0) is 42.2 Å². The molecule has 4 nitrogen and oxygen atoms in total. The van der Waals surface area contributed by atoms with Crippen LogP contribution in [0.15, 0.2) is 65.5 Å². The first-order valence-electron chi connectivity index (χ1n) is 6.55. The maximum absolute atomic E-state index is 7.50. The molecule has 1 aromatic rings. The molecule has 0 saturated carbocycles. The van der Waals surface area contributed by atoms with Crippen LogP contribution >= 0.6 is 0 Å². The fourth-order valence-corrected chi connectivity index (χ4v) is 2.01. The van der Waals surface area contributed by atoms with Gasteiger partial charge in [-0.1, -0.05) is 42.0 Å². The summed E-state index contributed by atoms with van der Waals surface area (Å²) in [5, 5.41) is 0. The third-order valence-corrected chi connectivity index (χ3v) is 3.07. The summed E-state index contributed by atoms with van der Waals surface area (Å²) in [5.74, 6) is 0.960. The Balaban J connectivity index is -0.000000569. The van der Waals surface area contributed by atoms with E-state index in [-0.39, 0.29) is 17.1 Å². The summed E-state index contributed by atoms with van der Waals surface area (Å²) >= 11 is 0. The van der Waals surface area contributed by atoms with E-state index in [0.717, 1.165) is 18.6 Å². The number of benzene rings is 1. The third kappa shape index (κ3) is 10.7. The van der Waals surface area contributed by atoms with Gasteiger partial charge in [-0.3, -0.25) is 0 Å². The van der Waals surface area contributed by atoms with Crippen molar-refractivity contribution in [1.82, 2.24) is 0 Å². The zero-order valence-corrected chi connectivity index (χ0v) is 14.6. The molecule has 0 radical (unpaired) electrons. The first-order chi connectivity index (χ1) is 11.3. The number of rotatable bonds is 3. The van der Waals surface area contributed by atoms with Gasteiger partial charge in [0.15, 0.2) is 0 Å². The summed E-state index contributed by atoms with van der Waals surface area (Å²) in [5.41, 5.74) is 4.20. The SMILES string of the molecule is COC1=CC/C(=C(/C)Cc2ccccc2)C=C1.[C-]#[O+].[C-]#[O+].[C-]#[O+].[Fe]. The van der Waals surface area contributed by atoms with Crippen LogP contribution in [0, 0.1) is 20.0 Å². The van der Waals surface area contributed by atoms with Crippen molar-refractivity contribution in [3.05, 3.63) is 91.0 Å². The van der Waals surface area contributed by atoms with Gasteiger partial charge in [0.1, 0.15) is 5.76 Å². The Labute approximate surface area is 153 Å². The second-order valence-electron chi connectivity index (χ2n) is 4.32. The standard InChI is InChI=1S/C16H18O.3CO.Fe/c1-13(12-14-6-4-3-5-7-14)15-8-10-16(17-2)11-9-15;3*1-2;/h3-8,10-11H,9,12H2,1-2H3;;;;/b15-13-;;;;. The third-order valence-electron chi connectivity index (χ3n) is 3.07. The van der Waals surface area contributed by atoms with E-state index in [9.17, 15) is 0 Å². The number of hydrogen-bond acceptors (Lipinski definition) is 1. The van der Waals surface area contributed by atoms with Crippen LogP contribution in [-0.4, -0.2) is 7.11 Å². The zero-order chi connectivity index (χ0) is 18.1. The Morgan fingerprint density at radius 3 is 1.96 bits per heavy atom. The first-order valence-corrected chi connectivity index (χ1v) is 6.55. The van der Waals surface area contributed by atoms with E-state index in [0.29, 0.717) is 0 Å². The molecule has 0 aliphatic heterocycles. The van der Waals surface area contributed by atoms with Crippen LogP contribution in [0.5, 0.6) is 0 Å². The topological polar surface area (TPSA) is 68.9 Å². The van der Waals surface area contributed by atoms with Gasteiger partial charge in [0.05, 0.1) is 7.11 Å². The molecule has 0 saturated heterocycles. The zero-order valence-electron chi connectivity index (χ0n) is 13.5. The Morgan fingerprint density at radius 2 is 1.54 bits per heavy atom. The summed E-state index contributed by atoms with van der Waals surface area (Å²) in [4.78, 5) is 0. The molecule has 24 heavy (non-hydrogen) atoms. The normalized spacial score (nSPS) is 12.8. The molecule has 2 rings (SSSR count). The predicted octanol–water partition coefficient (Wildman–Crippen LogP) is 3.92. The molecule has 0 N–H and O–H groups in total. The van der Waals surface area contributed by atoms with Crippen molar-refractivity contribution in [1.29, 1.82) is 0 Å². The molecule has 0 fully saturated rings.